The minimum absolute atomic E-state index is 0.312. The number of hydrogen-bond acceptors (Lipinski definition) is 4. The van der Waals surface area contributed by atoms with Crippen LogP contribution in [0.2, 0.25) is 0 Å². The lowest BCUT2D eigenvalue weighted by Crippen LogP contribution is -2.07. The normalized spacial score (nSPS) is 26.4. The summed E-state index contributed by atoms with van der Waals surface area (Å²) in [7, 11) is -2.90. The van der Waals surface area contributed by atoms with Gasteiger partial charge in [0.1, 0.15) is 5.25 Å². The van der Waals surface area contributed by atoms with Crippen molar-refractivity contribution in [2.45, 2.75) is 18.1 Å². The quantitative estimate of drug-likeness (QED) is 0.793. The molecule has 0 spiro atoms. The van der Waals surface area contributed by atoms with Crippen molar-refractivity contribution in [2.24, 2.45) is 0 Å². The van der Waals surface area contributed by atoms with Crippen LogP contribution in [0.5, 0.6) is 0 Å². The van der Waals surface area contributed by atoms with Gasteiger partial charge in [-0.05, 0) is 28.8 Å². The van der Waals surface area contributed by atoms with Gasteiger partial charge in [-0.3, -0.25) is 0 Å². The number of aromatic nitrogens is 1. The van der Waals surface area contributed by atoms with Gasteiger partial charge in [-0.15, -0.1) is 11.3 Å². The Morgan fingerprint density at radius 3 is 2.85 bits per heavy atom. The lowest BCUT2D eigenvalue weighted by Gasteiger charge is -2.03. The van der Waals surface area contributed by atoms with Crippen molar-refractivity contribution in [2.75, 3.05) is 5.75 Å². The first-order valence-electron chi connectivity index (χ1n) is 3.92. The average molecular weight is 282 g/mol. The molecule has 1 aromatic heterocycles. The standard InChI is InChI=1S/C7H8BrNO2S2/c8-7-9-5(4-12-7)6-2-1-3-13(6,10)11/h4,6H,1-3H2. The summed E-state index contributed by atoms with van der Waals surface area (Å²) < 4.78 is 23.8. The predicted octanol–water partition coefficient (Wildman–Crippen LogP) is 2.16. The van der Waals surface area contributed by atoms with Crippen molar-refractivity contribution >= 4 is 37.1 Å². The lowest BCUT2D eigenvalue weighted by atomic mass is 10.2. The van der Waals surface area contributed by atoms with Gasteiger partial charge in [-0.1, -0.05) is 0 Å². The van der Waals surface area contributed by atoms with Crippen LogP contribution in [-0.2, 0) is 9.84 Å². The number of rotatable bonds is 1. The Kier molecular flexibility index (Phi) is 2.46. The van der Waals surface area contributed by atoms with Crippen molar-refractivity contribution in [1.82, 2.24) is 4.98 Å². The number of nitrogens with zero attached hydrogens (tertiary/aromatic N) is 1. The zero-order valence-corrected chi connectivity index (χ0v) is 9.95. The Morgan fingerprint density at radius 2 is 2.38 bits per heavy atom. The van der Waals surface area contributed by atoms with E-state index in [1.54, 1.807) is 0 Å². The summed E-state index contributed by atoms with van der Waals surface area (Å²) in [5.74, 6) is 0.312. The van der Waals surface area contributed by atoms with Crippen LogP contribution in [0.15, 0.2) is 9.30 Å². The summed E-state index contributed by atoms with van der Waals surface area (Å²) in [6.07, 6.45) is 1.49. The molecule has 13 heavy (non-hydrogen) atoms. The highest BCUT2D eigenvalue weighted by atomic mass is 79.9. The van der Waals surface area contributed by atoms with Crippen LogP contribution in [0.3, 0.4) is 0 Å². The topological polar surface area (TPSA) is 47.0 Å². The minimum atomic E-state index is -2.90. The molecule has 1 unspecified atom stereocenters. The fourth-order valence-corrected chi connectivity index (χ4v) is 4.57. The van der Waals surface area contributed by atoms with Crippen molar-refractivity contribution in [1.29, 1.82) is 0 Å². The Morgan fingerprint density at radius 1 is 1.62 bits per heavy atom. The van der Waals surface area contributed by atoms with Gasteiger partial charge < -0.3 is 0 Å². The van der Waals surface area contributed by atoms with Gasteiger partial charge in [0.05, 0.1) is 11.4 Å². The molecule has 0 bridgehead atoms. The predicted molar refractivity (Wildman–Crippen MR) is 55.6 cm³/mol. The van der Waals surface area contributed by atoms with Gasteiger partial charge >= 0.3 is 0 Å². The highest BCUT2D eigenvalue weighted by molar-refractivity contribution is 9.11. The van der Waals surface area contributed by atoms with Gasteiger partial charge in [-0.25, -0.2) is 13.4 Å². The second kappa shape index (κ2) is 3.33. The lowest BCUT2D eigenvalue weighted by molar-refractivity contribution is 0.591. The zero-order valence-electron chi connectivity index (χ0n) is 6.73. The number of halogens is 1. The molecule has 1 aliphatic heterocycles. The second-order valence-corrected chi connectivity index (χ2v) is 7.46. The monoisotopic (exact) mass is 281 g/mol. The Bertz CT molecular complexity index is 412. The second-order valence-electron chi connectivity index (χ2n) is 3.02. The third-order valence-corrected chi connectivity index (χ3v) is 5.74. The van der Waals surface area contributed by atoms with Crippen LogP contribution in [0.1, 0.15) is 23.8 Å². The van der Waals surface area contributed by atoms with E-state index in [0.29, 0.717) is 11.4 Å². The molecule has 1 saturated heterocycles. The van der Waals surface area contributed by atoms with E-state index in [-0.39, 0.29) is 5.25 Å². The fourth-order valence-electron chi connectivity index (χ4n) is 1.53. The molecule has 0 radical (unpaired) electrons. The van der Waals surface area contributed by atoms with Crippen LogP contribution < -0.4 is 0 Å². The maximum atomic E-state index is 11.5. The number of hydrogen-bond donors (Lipinski definition) is 0. The van der Waals surface area contributed by atoms with Gasteiger partial charge in [0.15, 0.2) is 13.8 Å². The molecule has 0 saturated carbocycles. The Balaban J connectivity index is 2.37. The molecule has 1 aromatic rings. The van der Waals surface area contributed by atoms with Gasteiger partial charge in [-0.2, -0.15) is 0 Å². The van der Waals surface area contributed by atoms with Gasteiger partial charge in [0, 0.05) is 5.38 Å². The van der Waals surface area contributed by atoms with Crippen LogP contribution in [0.25, 0.3) is 0 Å². The molecule has 6 heteroatoms. The fraction of sp³-hybridized carbons (Fsp3) is 0.571. The molecule has 0 aromatic carbocycles. The molecule has 0 aliphatic carbocycles. The molecule has 1 atom stereocenters. The first-order valence-corrected chi connectivity index (χ1v) is 7.31. The largest absolute Gasteiger partial charge is 0.233 e. The minimum Gasteiger partial charge on any atom is -0.233 e. The summed E-state index contributed by atoms with van der Waals surface area (Å²) in [5.41, 5.74) is 0.703. The van der Waals surface area contributed by atoms with Crippen molar-refractivity contribution in [3.63, 3.8) is 0 Å². The van der Waals surface area contributed by atoms with Crippen molar-refractivity contribution < 1.29 is 8.42 Å². The van der Waals surface area contributed by atoms with Crippen molar-refractivity contribution in [3.8, 4) is 0 Å². The summed E-state index contributed by atoms with van der Waals surface area (Å²) in [6.45, 7) is 0. The maximum absolute atomic E-state index is 11.5. The molecule has 2 heterocycles. The van der Waals surface area contributed by atoms with E-state index < -0.39 is 9.84 Å². The molecule has 72 valence electrons. The van der Waals surface area contributed by atoms with E-state index in [2.05, 4.69) is 20.9 Å². The van der Waals surface area contributed by atoms with E-state index in [4.69, 9.17) is 0 Å². The molecule has 0 N–H and O–H groups in total. The smallest absolute Gasteiger partial charge is 0.159 e. The highest BCUT2D eigenvalue weighted by Gasteiger charge is 2.34. The Hall–Kier alpha value is 0.0600. The molecule has 0 amide bonds. The van der Waals surface area contributed by atoms with E-state index >= 15 is 0 Å². The summed E-state index contributed by atoms with van der Waals surface area (Å²) >= 11 is 4.66. The van der Waals surface area contributed by atoms with Crippen LogP contribution >= 0.6 is 27.3 Å². The first kappa shape index (κ1) is 9.61. The molecular weight excluding hydrogens is 274 g/mol. The van der Waals surface area contributed by atoms with Gasteiger partial charge in [0.25, 0.3) is 0 Å². The molecule has 3 nitrogen and oxygen atoms in total. The van der Waals surface area contributed by atoms with E-state index in [1.165, 1.54) is 11.3 Å². The van der Waals surface area contributed by atoms with E-state index in [9.17, 15) is 8.42 Å². The molecule has 2 rings (SSSR count). The Labute approximate surface area is 89.2 Å². The molecular formula is C7H8BrNO2S2. The highest BCUT2D eigenvalue weighted by Crippen LogP contribution is 2.35. The third-order valence-electron chi connectivity index (χ3n) is 2.15. The summed E-state index contributed by atoms with van der Waals surface area (Å²) in [4.78, 5) is 4.14. The average Bonchev–Trinajstić information content (AvgIpc) is 2.56. The zero-order chi connectivity index (χ0) is 9.47. The summed E-state index contributed by atoms with van der Waals surface area (Å²) in [6, 6.07) is 0. The number of sulfone groups is 1. The maximum Gasteiger partial charge on any atom is 0.159 e. The van der Waals surface area contributed by atoms with E-state index in [1.807, 2.05) is 5.38 Å². The third kappa shape index (κ3) is 1.80. The van der Waals surface area contributed by atoms with Crippen LogP contribution in [-0.4, -0.2) is 19.2 Å². The molecule has 1 fully saturated rings. The molecule has 1 aliphatic rings. The van der Waals surface area contributed by atoms with Crippen LogP contribution in [0.4, 0.5) is 0 Å². The van der Waals surface area contributed by atoms with E-state index in [0.717, 1.165) is 16.8 Å². The van der Waals surface area contributed by atoms with Crippen LogP contribution in [0, 0.1) is 0 Å². The SMILES string of the molecule is O=S1(=O)CCCC1c1csc(Br)n1. The van der Waals surface area contributed by atoms with Crippen molar-refractivity contribution in [3.05, 3.63) is 15.0 Å². The van der Waals surface area contributed by atoms with Gasteiger partial charge in [0.2, 0.25) is 0 Å². The number of thiazole rings is 1. The first-order chi connectivity index (χ1) is 6.09. The summed E-state index contributed by atoms with van der Waals surface area (Å²) in [5, 5.41) is 1.47.